The van der Waals surface area contributed by atoms with Crippen LogP contribution >= 0.6 is 0 Å². The molecule has 1 amide bonds. The second-order valence-corrected chi connectivity index (χ2v) is 8.91. The number of hydrogen-bond acceptors (Lipinski definition) is 4. The summed E-state index contributed by atoms with van der Waals surface area (Å²) in [6.45, 7) is 2.44. The Balaban J connectivity index is 1.40. The topological polar surface area (TPSA) is 72.5 Å². The molecule has 0 unspecified atom stereocenters. The summed E-state index contributed by atoms with van der Waals surface area (Å²) < 4.78 is 29.0. The first-order valence-electron chi connectivity index (χ1n) is 8.09. The molecule has 0 radical (unpaired) electrons. The zero-order chi connectivity index (χ0) is 16.4. The highest BCUT2D eigenvalue weighted by Crippen LogP contribution is 2.31. The molecule has 0 spiro atoms. The Labute approximate surface area is 137 Å². The number of sulfone groups is 1. The van der Waals surface area contributed by atoms with Crippen LogP contribution in [0.15, 0.2) is 30.3 Å². The van der Waals surface area contributed by atoms with Crippen LogP contribution in [0.2, 0.25) is 0 Å². The molecule has 0 aromatic heterocycles. The fourth-order valence-electron chi connectivity index (χ4n) is 3.21. The number of rotatable bonds is 5. The second kappa shape index (κ2) is 6.61. The average molecular weight is 337 g/mol. The molecule has 2 atom stereocenters. The minimum Gasteiger partial charge on any atom is -0.373 e. The molecule has 1 saturated heterocycles. The van der Waals surface area contributed by atoms with Crippen molar-refractivity contribution in [2.45, 2.75) is 38.5 Å². The van der Waals surface area contributed by atoms with Crippen molar-refractivity contribution in [1.82, 2.24) is 5.32 Å². The van der Waals surface area contributed by atoms with E-state index >= 15 is 0 Å². The van der Waals surface area contributed by atoms with Gasteiger partial charge in [0.15, 0.2) is 9.84 Å². The van der Waals surface area contributed by atoms with Crippen LogP contribution in [0.25, 0.3) is 0 Å². The molecule has 1 aromatic rings. The third-order valence-electron chi connectivity index (χ3n) is 4.76. The zero-order valence-corrected chi connectivity index (χ0v) is 14.1. The van der Waals surface area contributed by atoms with Gasteiger partial charge >= 0.3 is 0 Å². The second-order valence-electron chi connectivity index (χ2n) is 6.76. The van der Waals surface area contributed by atoms with Crippen molar-refractivity contribution in [3.8, 4) is 0 Å². The summed E-state index contributed by atoms with van der Waals surface area (Å²) in [5.74, 6) is 0.158. The van der Waals surface area contributed by atoms with E-state index in [4.69, 9.17) is 4.74 Å². The lowest BCUT2D eigenvalue weighted by Gasteiger charge is -2.35. The third-order valence-corrected chi connectivity index (χ3v) is 6.66. The summed E-state index contributed by atoms with van der Waals surface area (Å²) in [4.78, 5) is 12.2. The predicted molar refractivity (Wildman–Crippen MR) is 87.5 cm³/mol. The Bertz CT molecular complexity index is 652. The van der Waals surface area contributed by atoms with Crippen molar-refractivity contribution in [3.05, 3.63) is 35.9 Å². The molecule has 23 heavy (non-hydrogen) atoms. The van der Waals surface area contributed by atoms with Gasteiger partial charge in [0.25, 0.3) is 0 Å². The minimum atomic E-state index is -2.99. The van der Waals surface area contributed by atoms with Gasteiger partial charge in [0, 0.05) is 12.0 Å². The van der Waals surface area contributed by atoms with E-state index in [9.17, 15) is 13.2 Å². The highest BCUT2D eigenvalue weighted by Gasteiger charge is 2.40. The molecular weight excluding hydrogens is 314 g/mol. The maximum atomic E-state index is 12.2. The van der Waals surface area contributed by atoms with Gasteiger partial charge in [0.05, 0.1) is 24.2 Å². The number of carbonyl (C=O) groups is 1. The Morgan fingerprint density at radius 3 is 2.52 bits per heavy atom. The first-order chi connectivity index (χ1) is 10.9. The molecule has 2 fully saturated rings. The number of amides is 1. The monoisotopic (exact) mass is 337 g/mol. The predicted octanol–water partition coefficient (Wildman–Crippen LogP) is 1.53. The molecule has 1 aliphatic carbocycles. The van der Waals surface area contributed by atoms with Gasteiger partial charge in [0.1, 0.15) is 0 Å². The molecule has 1 aromatic carbocycles. The fraction of sp³-hybridized carbons (Fsp3) is 0.588. The molecule has 126 valence electrons. The van der Waals surface area contributed by atoms with Crippen molar-refractivity contribution in [3.63, 3.8) is 0 Å². The highest BCUT2D eigenvalue weighted by atomic mass is 32.2. The zero-order valence-electron chi connectivity index (χ0n) is 13.3. The molecule has 1 saturated carbocycles. The summed E-state index contributed by atoms with van der Waals surface area (Å²) in [6, 6.07) is 9.73. The number of hydrogen-bond donors (Lipinski definition) is 1. The standard InChI is InChI=1S/C17H23NO4S/c1-12-10-23(20,21)11-16(12)18-17(19)14-7-15(8-14)22-9-13-5-3-2-4-6-13/h2-6,12,14-16H,7-11H2,1H3,(H,18,19)/t12-,14?,15?,16+/m0/s1. The number of benzene rings is 1. The van der Waals surface area contributed by atoms with Crippen molar-refractivity contribution in [1.29, 1.82) is 0 Å². The first kappa shape index (κ1) is 16.5. The molecule has 6 heteroatoms. The van der Waals surface area contributed by atoms with Crippen LogP contribution in [0.4, 0.5) is 0 Å². The van der Waals surface area contributed by atoms with Crippen molar-refractivity contribution in [2.75, 3.05) is 11.5 Å². The maximum absolute atomic E-state index is 12.2. The summed E-state index contributed by atoms with van der Waals surface area (Å²) in [5, 5.41) is 2.91. The van der Waals surface area contributed by atoms with Gasteiger partial charge < -0.3 is 10.1 Å². The van der Waals surface area contributed by atoms with Crippen LogP contribution in [0.1, 0.15) is 25.3 Å². The average Bonchev–Trinajstić information content (AvgIpc) is 2.70. The van der Waals surface area contributed by atoms with E-state index < -0.39 is 9.84 Å². The van der Waals surface area contributed by atoms with E-state index in [1.54, 1.807) is 0 Å². The van der Waals surface area contributed by atoms with Gasteiger partial charge in [-0.05, 0) is 24.3 Å². The van der Waals surface area contributed by atoms with Crippen molar-refractivity contribution >= 4 is 15.7 Å². The number of nitrogens with one attached hydrogen (secondary N) is 1. The van der Waals surface area contributed by atoms with Crippen LogP contribution < -0.4 is 5.32 Å². The highest BCUT2D eigenvalue weighted by molar-refractivity contribution is 7.91. The molecule has 1 heterocycles. The summed E-state index contributed by atoms with van der Waals surface area (Å²) in [5.41, 5.74) is 1.13. The fourth-order valence-corrected chi connectivity index (χ4v) is 5.34. The normalized spacial score (nSPS) is 32.2. The van der Waals surface area contributed by atoms with E-state index in [2.05, 4.69) is 5.32 Å². The number of carbonyl (C=O) groups excluding carboxylic acids is 1. The molecular formula is C17H23NO4S. The van der Waals surface area contributed by atoms with Crippen LogP contribution in [0.3, 0.4) is 0 Å². The molecule has 1 aliphatic heterocycles. The van der Waals surface area contributed by atoms with Crippen LogP contribution in [0, 0.1) is 11.8 Å². The smallest absolute Gasteiger partial charge is 0.223 e. The lowest BCUT2D eigenvalue weighted by Crippen LogP contribution is -2.47. The molecule has 3 rings (SSSR count). The first-order valence-corrected chi connectivity index (χ1v) is 9.91. The van der Waals surface area contributed by atoms with Crippen molar-refractivity contribution < 1.29 is 17.9 Å². The maximum Gasteiger partial charge on any atom is 0.223 e. The Kier molecular flexibility index (Phi) is 4.73. The van der Waals surface area contributed by atoms with Gasteiger partial charge in [-0.25, -0.2) is 8.42 Å². The summed E-state index contributed by atoms with van der Waals surface area (Å²) >= 11 is 0. The molecule has 5 nitrogen and oxygen atoms in total. The Morgan fingerprint density at radius 1 is 1.22 bits per heavy atom. The van der Waals surface area contributed by atoms with Crippen LogP contribution in [0.5, 0.6) is 0 Å². The van der Waals surface area contributed by atoms with E-state index in [1.807, 2.05) is 37.3 Å². The lowest BCUT2D eigenvalue weighted by molar-refractivity contribution is -0.135. The third kappa shape index (κ3) is 4.12. The van der Waals surface area contributed by atoms with Gasteiger partial charge in [-0.15, -0.1) is 0 Å². The van der Waals surface area contributed by atoms with Gasteiger partial charge in [0.2, 0.25) is 5.91 Å². The van der Waals surface area contributed by atoms with Gasteiger partial charge in [-0.1, -0.05) is 37.3 Å². The van der Waals surface area contributed by atoms with E-state index in [0.29, 0.717) is 19.4 Å². The molecule has 2 aliphatic rings. The number of ether oxygens (including phenoxy) is 1. The van der Waals surface area contributed by atoms with Crippen LogP contribution in [-0.4, -0.2) is 38.0 Å². The summed E-state index contributed by atoms with van der Waals surface area (Å²) in [7, 11) is -2.99. The van der Waals surface area contributed by atoms with E-state index in [1.165, 1.54) is 0 Å². The Hall–Kier alpha value is -1.40. The summed E-state index contributed by atoms with van der Waals surface area (Å²) in [6.07, 6.45) is 1.55. The van der Waals surface area contributed by atoms with Crippen molar-refractivity contribution in [2.24, 2.45) is 11.8 Å². The molecule has 0 bridgehead atoms. The van der Waals surface area contributed by atoms with Gasteiger partial charge in [-0.2, -0.15) is 0 Å². The molecule has 1 N–H and O–H groups in total. The quantitative estimate of drug-likeness (QED) is 0.884. The van der Waals surface area contributed by atoms with E-state index in [-0.39, 0.29) is 41.4 Å². The largest absolute Gasteiger partial charge is 0.373 e. The minimum absolute atomic E-state index is 0.00541. The van der Waals surface area contributed by atoms with E-state index in [0.717, 1.165) is 5.56 Å². The SMILES string of the molecule is C[C@H]1CS(=O)(=O)C[C@H]1NC(=O)C1CC(OCc2ccccc2)C1. The lowest BCUT2D eigenvalue weighted by atomic mass is 9.81. The van der Waals surface area contributed by atoms with Crippen LogP contribution in [-0.2, 0) is 26.0 Å². The Morgan fingerprint density at radius 2 is 1.91 bits per heavy atom. The van der Waals surface area contributed by atoms with Gasteiger partial charge in [-0.3, -0.25) is 4.79 Å².